The van der Waals surface area contributed by atoms with Crippen LogP contribution in [0.5, 0.6) is 0 Å². The van der Waals surface area contributed by atoms with Crippen LogP contribution in [-0.4, -0.2) is 0 Å². The molecule has 0 aromatic heterocycles. The van der Waals surface area contributed by atoms with Crippen LogP contribution in [0.25, 0.3) is 0 Å². The maximum Gasteiger partial charge on any atom is -0.00378 e. The summed E-state index contributed by atoms with van der Waals surface area (Å²) in [7, 11) is 0. The van der Waals surface area contributed by atoms with Gasteiger partial charge in [0.1, 0.15) is 0 Å². The van der Waals surface area contributed by atoms with Gasteiger partial charge in [-0.2, -0.15) is 0 Å². The number of rotatable bonds is 4. The average molecular weight is 134 g/mol. The van der Waals surface area contributed by atoms with E-state index >= 15 is 0 Å². The summed E-state index contributed by atoms with van der Waals surface area (Å²) >= 11 is 0. The lowest BCUT2D eigenvalue weighted by molar-refractivity contribution is 1.23. The lowest BCUT2D eigenvalue weighted by Gasteiger charge is -1.97. The molecule has 0 aromatic rings. The fourth-order valence-corrected chi connectivity index (χ4v) is 0.658. The summed E-state index contributed by atoms with van der Waals surface area (Å²) in [5.74, 6) is 0. The molecular formula is C10H14. The van der Waals surface area contributed by atoms with E-state index in [9.17, 15) is 0 Å². The second-order valence-electron chi connectivity index (χ2n) is 2.20. The molecule has 0 aliphatic heterocycles. The van der Waals surface area contributed by atoms with E-state index in [-0.39, 0.29) is 0 Å². The highest BCUT2D eigenvalue weighted by atomic mass is 13.9. The first kappa shape index (κ1) is 8.96. The molecule has 0 nitrogen and oxygen atoms in total. The molecule has 0 heterocycles. The molecule has 54 valence electrons. The Morgan fingerprint density at radius 2 is 1.90 bits per heavy atom. The van der Waals surface area contributed by atoms with E-state index in [0.717, 1.165) is 17.6 Å². The van der Waals surface area contributed by atoms with Gasteiger partial charge in [0.15, 0.2) is 0 Å². The molecule has 0 aliphatic rings. The predicted octanol–water partition coefficient (Wildman–Crippen LogP) is 3.25. The second kappa shape index (κ2) is 4.80. The largest absolute Gasteiger partial charge is 0.0988 e. The third kappa shape index (κ3) is 3.90. The van der Waals surface area contributed by atoms with Gasteiger partial charge in [0, 0.05) is 0 Å². The first-order valence-corrected chi connectivity index (χ1v) is 3.31. The van der Waals surface area contributed by atoms with Crippen LogP contribution in [0.15, 0.2) is 49.1 Å². The van der Waals surface area contributed by atoms with Gasteiger partial charge in [-0.1, -0.05) is 49.1 Å². The van der Waals surface area contributed by atoms with Crippen LogP contribution in [0, 0.1) is 0 Å². The molecule has 10 heavy (non-hydrogen) atoms. The summed E-state index contributed by atoms with van der Waals surface area (Å²) in [6.45, 7) is 13.2. The number of allylic oxidation sites excluding steroid dienone is 5. The number of hydrogen-bond acceptors (Lipinski definition) is 0. The van der Waals surface area contributed by atoms with Crippen LogP contribution < -0.4 is 0 Å². The molecule has 0 N–H and O–H groups in total. The lowest BCUT2D eigenvalue weighted by Crippen LogP contribution is -1.77. The molecule has 0 spiro atoms. The van der Waals surface area contributed by atoms with Gasteiger partial charge >= 0.3 is 0 Å². The van der Waals surface area contributed by atoms with Gasteiger partial charge in [-0.05, 0) is 13.3 Å². The SMILES string of the molecule is C=CC(=C)CC(=C)/C=C\C. The monoisotopic (exact) mass is 134 g/mol. The summed E-state index contributed by atoms with van der Waals surface area (Å²) in [5.41, 5.74) is 2.09. The van der Waals surface area contributed by atoms with E-state index in [2.05, 4.69) is 19.7 Å². The van der Waals surface area contributed by atoms with E-state index in [4.69, 9.17) is 0 Å². The van der Waals surface area contributed by atoms with Crippen molar-refractivity contribution in [3.63, 3.8) is 0 Å². The van der Waals surface area contributed by atoms with Crippen LogP contribution in [0.2, 0.25) is 0 Å². The summed E-state index contributed by atoms with van der Waals surface area (Å²) in [6, 6.07) is 0. The van der Waals surface area contributed by atoms with Crippen LogP contribution >= 0.6 is 0 Å². The Morgan fingerprint density at radius 1 is 1.30 bits per heavy atom. The maximum absolute atomic E-state index is 3.84. The third-order valence-corrected chi connectivity index (χ3v) is 1.15. The lowest BCUT2D eigenvalue weighted by atomic mass is 10.1. The Kier molecular flexibility index (Phi) is 4.30. The summed E-state index contributed by atoms with van der Waals surface area (Å²) in [6.07, 6.45) is 6.54. The van der Waals surface area contributed by atoms with Gasteiger partial charge < -0.3 is 0 Å². The van der Waals surface area contributed by atoms with Crippen molar-refractivity contribution in [3.05, 3.63) is 49.1 Å². The van der Waals surface area contributed by atoms with Gasteiger partial charge in [0.05, 0.1) is 0 Å². The normalized spacial score (nSPS) is 9.70. The smallest absolute Gasteiger partial charge is 0.00378 e. The van der Waals surface area contributed by atoms with Gasteiger partial charge in [-0.25, -0.2) is 0 Å². The molecule has 0 fully saturated rings. The topological polar surface area (TPSA) is 0 Å². The Labute approximate surface area is 63.3 Å². The van der Waals surface area contributed by atoms with Gasteiger partial charge in [-0.3, -0.25) is 0 Å². The van der Waals surface area contributed by atoms with Crippen molar-refractivity contribution in [2.24, 2.45) is 0 Å². The van der Waals surface area contributed by atoms with Crippen molar-refractivity contribution < 1.29 is 0 Å². The van der Waals surface area contributed by atoms with Crippen molar-refractivity contribution in [2.75, 3.05) is 0 Å². The first-order chi connectivity index (χ1) is 4.70. The molecule has 0 aromatic carbocycles. The second-order valence-corrected chi connectivity index (χ2v) is 2.20. The van der Waals surface area contributed by atoms with Gasteiger partial charge in [-0.15, -0.1) is 0 Å². The molecule has 0 heteroatoms. The summed E-state index contributed by atoms with van der Waals surface area (Å²) < 4.78 is 0. The summed E-state index contributed by atoms with van der Waals surface area (Å²) in [4.78, 5) is 0. The molecule has 0 saturated carbocycles. The molecule has 0 rings (SSSR count). The Balaban J connectivity index is 3.79. The Hall–Kier alpha value is -1.04. The van der Waals surface area contributed by atoms with Crippen LogP contribution in [-0.2, 0) is 0 Å². The standard InChI is InChI=1S/C10H14/c1-5-7-10(4)8-9(3)6-2/h5-7H,2-4,8H2,1H3/b7-5-. The zero-order valence-corrected chi connectivity index (χ0v) is 6.56. The zero-order chi connectivity index (χ0) is 7.98. The Morgan fingerprint density at radius 3 is 2.30 bits per heavy atom. The van der Waals surface area contributed by atoms with E-state index in [1.165, 1.54) is 0 Å². The minimum atomic E-state index is 0.827. The van der Waals surface area contributed by atoms with Crippen molar-refractivity contribution in [2.45, 2.75) is 13.3 Å². The van der Waals surface area contributed by atoms with Gasteiger partial charge in [0.25, 0.3) is 0 Å². The molecule has 0 atom stereocenters. The predicted molar refractivity (Wildman–Crippen MR) is 47.9 cm³/mol. The van der Waals surface area contributed by atoms with Crippen molar-refractivity contribution >= 4 is 0 Å². The number of hydrogen-bond donors (Lipinski definition) is 0. The molecule has 0 amide bonds. The highest BCUT2D eigenvalue weighted by molar-refractivity contribution is 5.25. The van der Waals surface area contributed by atoms with E-state index in [1.54, 1.807) is 6.08 Å². The van der Waals surface area contributed by atoms with Crippen molar-refractivity contribution in [1.82, 2.24) is 0 Å². The molecule has 0 radical (unpaired) electrons. The van der Waals surface area contributed by atoms with E-state index in [1.807, 2.05) is 19.1 Å². The molecule has 0 aliphatic carbocycles. The van der Waals surface area contributed by atoms with Crippen molar-refractivity contribution in [1.29, 1.82) is 0 Å². The fourth-order valence-electron chi connectivity index (χ4n) is 0.658. The highest BCUT2D eigenvalue weighted by Crippen LogP contribution is 2.08. The minimum Gasteiger partial charge on any atom is -0.0988 e. The van der Waals surface area contributed by atoms with Crippen LogP contribution in [0.4, 0.5) is 0 Å². The van der Waals surface area contributed by atoms with Crippen molar-refractivity contribution in [3.8, 4) is 0 Å². The van der Waals surface area contributed by atoms with Crippen LogP contribution in [0.3, 0.4) is 0 Å². The highest BCUT2D eigenvalue weighted by Gasteiger charge is 1.88. The summed E-state index contributed by atoms with van der Waals surface area (Å²) in [5, 5.41) is 0. The molecular weight excluding hydrogens is 120 g/mol. The van der Waals surface area contributed by atoms with Gasteiger partial charge in [0.2, 0.25) is 0 Å². The van der Waals surface area contributed by atoms with Crippen LogP contribution in [0.1, 0.15) is 13.3 Å². The third-order valence-electron chi connectivity index (χ3n) is 1.15. The maximum atomic E-state index is 3.84. The van der Waals surface area contributed by atoms with E-state index in [0.29, 0.717) is 0 Å². The molecule has 0 bridgehead atoms. The fraction of sp³-hybridized carbons (Fsp3) is 0.200. The first-order valence-electron chi connectivity index (χ1n) is 3.31. The Bertz CT molecular complexity index is 170. The zero-order valence-electron chi connectivity index (χ0n) is 6.56. The molecule has 0 unspecified atom stereocenters. The average Bonchev–Trinajstić information content (AvgIpc) is 1.88. The minimum absolute atomic E-state index is 0.827. The van der Waals surface area contributed by atoms with E-state index < -0.39 is 0 Å². The quantitative estimate of drug-likeness (QED) is 0.518. The molecule has 0 saturated heterocycles.